The predicted octanol–water partition coefficient (Wildman–Crippen LogP) is 2.42. The third-order valence-corrected chi connectivity index (χ3v) is 3.07. The van der Waals surface area contributed by atoms with E-state index in [1.165, 1.54) is 0 Å². The Morgan fingerprint density at radius 3 is 2.74 bits per heavy atom. The number of aryl methyl sites for hydroxylation is 2. The van der Waals surface area contributed by atoms with Crippen LogP contribution in [0.1, 0.15) is 11.4 Å². The van der Waals surface area contributed by atoms with E-state index < -0.39 is 0 Å². The minimum Gasteiger partial charge on any atom is -0.481 e. The molecule has 3 rings (SSSR count). The van der Waals surface area contributed by atoms with E-state index in [1.807, 2.05) is 42.5 Å². The first-order chi connectivity index (χ1) is 9.19. The average Bonchev–Trinajstić information content (AvgIpc) is 2.81. The molecule has 0 saturated carbocycles. The number of fused-ring (bicyclic) bond motifs is 1. The number of imidazole rings is 1. The van der Waals surface area contributed by atoms with Crippen molar-refractivity contribution in [1.29, 1.82) is 0 Å². The van der Waals surface area contributed by atoms with Crippen LogP contribution in [0.25, 0.3) is 17.0 Å². The molecule has 19 heavy (non-hydrogen) atoms. The van der Waals surface area contributed by atoms with Crippen LogP contribution in [0.4, 0.5) is 0 Å². The lowest BCUT2D eigenvalue weighted by molar-refractivity contribution is 0.398. The Kier molecular flexibility index (Phi) is 2.67. The number of aromatic nitrogens is 4. The SMILES string of the molecule is COc1cccc(-c2cc(C)n3cnc(C)c3n2)n1. The van der Waals surface area contributed by atoms with Crippen LogP contribution >= 0.6 is 0 Å². The Morgan fingerprint density at radius 2 is 1.95 bits per heavy atom. The smallest absolute Gasteiger partial charge is 0.213 e. The highest BCUT2D eigenvalue weighted by molar-refractivity contribution is 5.60. The van der Waals surface area contributed by atoms with Crippen LogP contribution in [0.5, 0.6) is 5.88 Å². The van der Waals surface area contributed by atoms with Gasteiger partial charge in [-0.25, -0.2) is 15.0 Å². The Morgan fingerprint density at radius 1 is 1.11 bits per heavy atom. The Bertz CT molecular complexity index is 748. The summed E-state index contributed by atoms with van der Waals surface area (Å²) in [6.07, 6.45) is 1.79. The average molecular weight is 254 g/mol. The van der Waals surface area contributed by atoms with Gasteiger partial charge in [0.05, 0.1) is 24.2 Å². The summed E-state index contributed by atoms with van der Waals surface area (Å²) in [5.41, 5.74) is 4.47. The van der Waals surface area contributed by atoms with Crippen LogP contribution < -0.4 is 4.74 Å². The molecule has 3 heterocycles. The zero-order chi connectivity index (χ0) is 13.4. The van der Waals surface area contributed by atoms with E-state index >= 15 is 0 Å². The minimum atomic E-state index is 0.585. The number of pyridine rings is 1. The predicted molar refractivity (Wildman–Crippen MR) is 72.2 cm³/mol. The number of rotatable bonds is 2. The van der Waals surface area contributed by atoms with Crippen LogP contribution in [0, 0.1) is 13.8 Å². The molecule has 0 spiro atoms. The van der Waals surface area contributed by atoms with Crippen molar-refractivity contribution in [3.8, 4) is 17.3 Å². The highest BCUT2D eigenvalue weighted by Gasteiger charge is 2.09. The zero-order valence-corrected chi connectivity index (χ0v) is 11.1. The fourth-order valence-electron chi connectivity index (χ4n) is 2.04. The fraction of sp³-hybridized carbons (Fsp3) is 0.214. The van der Waals surface area contributed by atoms with Crippen LogP contribution in [0.15, 0.2) is 30.6 Å². The summed E-state index contributed by atoms with van der Waals surface area (Å²) in [7, 11) is 1.61. The molecule has 5 nitrogen and oxygen atoms in total. The van der Waals surface area contributed by atoms with Gasteiger partial charge in [0, 0.05) is 11.8 Å². The van der Waals surface area contributed by atoms with Gasteiger partial charge in [0.15, 0.2) is 5.65 Å². The molecule has 5 heteroatoms. The van der Waals surface area contributed by atoms with E-state index in [2.05, 4.69) is 15.0 Å². The van der Waals surface area contributed by atoms with Gasteiger partial charge in [-0.15, -0.1) is 0 Å². The van der Waals surface area contributed by atoms with E-state index in [0.29, 0.717) is 5.88 Å². The maximum Gasteiger partial charge on any atom is 0.213 e. The largest absolute Gasteiger partial charge is 0.481 e. The van der Waals surface area contributed by atoms with Crippen molar-refractivity contribution >= 4 is 5.65 Å². The molecule has 0 aliphatic rings. The molecule has 3 aromatic heterocycles. The lowest BCUT2D eigenvalue weighted by Gasteiger charge is -2.06. The zero-order valence-electron chi connectivity index (χ0n) is 11.1. The molecule has 0 aliphatic heterocycles. The molecule has 0 N–H and O–H groups in total. The second-order valence-electron chi connectivity index (χ2n) is 4.37. The molecule has 0 unspecified atom stereocenters. The summed E-state index contributed by atoms with van der Waals surface area (Å²) < 4.78 is 7.12. The van der Waals surface area contributed by atoms with Gasteiger partial charge in [-0.2, -0.15) is 0 Å². The number of methoxy groups -OCH3 is 1. The van der Waals surface area contributed by atoms with E-state index in [-0.39, 0.29) is 0 Å². The van der Waals surface area contributed by atoms with Gasteiger partial charge in [0.1, 0.15) is 6.33 Å². The fourth-order valence-corrected chi connectivity index (χ4v) is 2.04. The highest BCUT2D eigenvalue weighted by atomic mass is 16.5. The molecule has 0 saturated heterocycles. The molecule has 0 fully saturated rings. The van der Waals surface area contributed by atoms with Gasteiger partial charge in [-0.1, -0.05) is 6.07 Å². The molecule has 0 aliphatic carbocycles. The first-order valence-corrected chi connectivity index (χ1v) is 6.02. The van der Waals surface area contributed by atoms with Crippen molar-refractivity contribution in [3.63, 3.8) is 0 Å². The van der Waals surface area contributed by atoms with Crippen LogP contribution in [-0.4, -0.2) is 26.5 Å². The summed E-state index contributed by atoms with van der Waals surface area (Å²) in [6.45, 7) is 3.98. The molecule has 0 bridgehead atoms. The topological polar surface area (TPSA) is 52.3 Å². The van der Waals surface area contributed by atoms with E-state index in [4.69, 9.17) is 4.74 Å². The van der Waals surface area contributed by atoms with Gasteiger partial charge < -0.3 is 4.74 Å². The van der Waals surface area contributed by atoms with Crippen molar-refractivity contribution in [2.45, 2.75) is 13.8 Å². The molecule has 96 valence electrons. The van der Waals surface area contributed by atoms with Crippen LogP contribution in [-0.2, 0) is 0 Å². The van der Waals surface area contributed by atoms with Crippen LogP contribution in [0.3, 0.4) is 0 Å². The molecule has 3 aromatic rings. The number of ether oxygens (including phenoxy) is 1. The van der Waals surface area contributed by atoms with Gasteiger partial charge in [-0.05, 0) is 26.0 Å². The maximum absolute atomic E-state index is 5.15. The number of hydrogen-bond acceptors (Lipinski definition) is 4. The summed E-state index contributed by atoms with van der Waals surface area (Å²) in [5.74, 6) is 0.585. The third-order valence-electron chi connectivity index (χ3n) is 3.07. The summed E-state index contributed by atoms with van der Waals surface area (Å²) >= 11 is 0. The summed E-state index contributed by atoms with van der Waals surface area (Å²) in [5, 5.41) is 0. The van der Waals surface area contributed by atoms with Crippen molar-refractivity contribution in [2.24, 2.45) is 0 Å². The van der Waals surface area contributed by atoms with E-state index in [1.54, 1.807) is 13.4 Å². The lowest BCUT2D eigenvalue weighted by Crippen LogP contribution is -1.97. The van der Waals surface area contributed by atoms with Gasteiger partial charge in [0.2, 0.25) is 5.88 Å². The van der Waals surface area contributed by atoms with Crippen molar-refractivity contribution < 1.29 is 4.74 Å². The Hall–Kier alpha value is -2.43. The van der Waals surface area contributed by atoms with Gasteiger partial charge in [0.25, 0.3) is 0 Å². The number of hydrogen-bond donors (Lipinski definition) is 0. The van der Waals surface area contributed by atoms with E-state index in [9.17, 15) is 0 Å². The maximum atomic E-state index is 5.15. The summed E-state index contributed by atoms with van der Waals surface area (Å²) in [4.78, 5) is 13.3. The minimum absolute atomic E-state index is 0.585. The first kappa shape index (κ1) is 11.6. The Labute approximate surface area is 110 Å². The van der Waals surface area contributed by atoms with Crippen LogP contribution in [0.2, 0.25) is 0 Å². The lowest BCUT2D eigenvalue weighted by atomic mass is 10.2. The van der Waals surface area contributed by atoms with Gasteiger partial charge >= 0.3 is 0 Å². The van der Waals surface area contributed by atoms with Crippen molar-refractivity contribution in [3.05, 3.63) is 42.0 Å². The second kappa shape index (κ2) is 4.35. The molecule has 0 atom stereocenters. The molecule has 0 amide bonds. The van der Waals surface area contributed by atoms with Crippen molar-refractivity contribution in [2.75, 3.05) is 7.11 Å². The van der Waals surface area contributed by atoms with E-state index in [0.717, 1.165) is 28.4 Å². The Balaban J connectivity index is 2.21. The molecular formula is C14H14N4O. The first-order valence-electron chi connectivity index (χ1n) is 6.02. The normalized spacial score (nSPS) is 10.9. The van der Waals surface area contributed by atoms with Gasteiger partial charge in [-0.3, -0.25) is 4.40 Å². The quantitative estimate of drug-likeness (QED) is 0.704. The summed E-state index contributed by atoms with van der Waals surface area (Å²) in [6, 6.07) is 7.65. The molecular weight excluding hydrogens is 240 g/mol. The monoisotopic (exact) mass is 254 g/mol. The second-order valence-corrected chi connectivity index (χ2v) is 4.37. The highest BCUT2D eigenvalue weighted by Crippen LogP contribution is 2.21. The molecule has 0 radical (unpaired) electrons. The standard InChI is InChI=1S/C14H14N4O/c1-9-7-12(11-5-4-6-13(16-11)19-3)17-14-10(2)15-8-18(9)14/h4-8H,1-3H3. The number of nitrogens with zero attached hydrogens (tertiary/aromatic N) is 4. The molecule has 0 aromatic carbocycles. The third kappa shape index (κ3) is 1.93. The van der Waals surface area contributed by atoms with Crippen molar-refractivity contribution in [1.82, 2.24) is 19.4 Å².